The highest BCUT2D eigenvalue weighted by Crippen LogP contribution is 2.35. The fourth-order valence-electron chi connectivity index (χ4n) is 1.19. The molecule has 1 aromatic heterocycles. The number of hydrogen-bond acceptors (Lipinski definition) is 4. The van der Waals surface area contributed by atoms with E-state index in [2.05, 4.69) is 25.9 Å². The molecule has 0 amide bonds. The number of benzene rings is 1. The SMILES string of the molecule is O=C(O)c1ccnc(Oc2cc(Cl)c(Br)cc2Cl)n1. The van der Waals surface area contributed by atoms with E-state index >= 15 is 0 Å². The molecule has 1 aromatic carbocycles. The van der Waals surface area contributed by atoms with Crippen LogP contribution in [0.5, 0.6) is 11.8 Å². The summed E-state index contributed by atoms with van der Waals surface area (Å²) < 4.78 is 5.93. The topological polar surface area (TPSA) is 72.3 Å². The van der Waals surface area contributed by atoms with Crippen molar-refractivity contribution in [2.75, 3.05) is 0 Å². The normalized spacial score (nSPS) is 10.3. The van der Waals surface area contributed by atoms with Gasteiger partial charge in [0.2, 0.25) is 0 Å². The Kier molecular flexibility index (Phi) is 4.24. The fourth-order valence-corrected chi connectivity index (χ4v) is 2.02. The largest absolute Gasteiger partial charge is 0.477 e. The van der Waals surface area contributed by atoms with Crippen LogP contribution in [0.1, 0.15) is 10.5 Å². The standard InChI is InChI=1S/C11H5BrCl2N2O3/c12-5-3-7(14)9(4-6(5)13)19-11-15-2-1-8(16-11)10(17)18/h1-4H,(H,17,18). The molecule has 2 aromatic rings. The van der Waals surface area contributed by atoms with Gasteiger partial charge in [-0.15, -0.1) is 0 Å². The third-order valence-corrected chi connectivity index (χ3v) is 3.52. The van der Waals surface area contributed by atoms with Gasteiger partial charge >= 0.3 is 12.0 Å². The Balaban J connectivity index is 2.33. The van der Waals surface area contributed by atoms with Gasteiger partial charge in [0, 0.05) is 16.7 Å². The van der Waals surface area contributed by atoms with Crippen molar-refractivity contribution < 1.29 is 14.6 Å². The Morgan fingerprint density at radius 2 is 2.05 bits per heavy atom. The Morgan fingerprint density at radius 3 is 2.74 bits per heavy atom. The molecule has 2 rings (SSSR count). The van der Waals surface area contributed by atoms with Crippen molar-refractivity contribution in [1.82, 2.24) is 9.97 Å². The highest BCUT2D eigenvalue weighted by molar-refractivity contribution is 9.10. The molecule has 0 saturated heterocycles. The van der Waals surface area contributed by atoms with Crippen molar-refractivity contribution in [3.8, 4) is 11.8 Å². The van der Waals surface area contributed by atoms with Crippen LogP contribution >= 0.6 is 39.1 Å². The zero-order valence-corrected chi connectivity index (χ0v) is 12.2. The minimum absolute atomic E-state index is 0.125. The van der Waals surface area contributed by atoms with Gasteiger partial charge in [-0.25, -0.2) is 9.78 Å². The van der Waals surface area contributed by atoms with Gasteiger partial charge in [-0.3, -0.25) is 0 Å². The van der Waals surface area contributed by atoms with Crippen LogP contribution in [0.15, 0.2) is 28.9 Å². The summed E-state index contributed by atoms with van der Waals surface area (Å²) in [6, 6.07) is 4.16. The predicted molar refractivity (Wildman–Crippen MR) is 73.2 cm³/mol. The van der Waals surface area contributed by atoms with Crippen LogP contribution in [-0.4, -0.2) is 21.0 Å². The molecule has 0 aliphatic carbocycles. The van der Waals surface area contributed by atoms with Gasteiger partial charge in [0.1, 0.15) is 0 Å². The summed E-state index contributed by atoms with van der Waals surface area (Å²) in [4.78, 5) is 18.3. The summed E-state index contributed by atoms with van der Waals surface area (Å²) in [6.07, 6.45) is 1.28. The van der Waals surface area contributed by atoms with Gasteiger partial charge in [-0.2, -0.15) is 4.98 Å². The van der Waals surface area contributed by atoms with Gasteiger partial charge < -0.3 is 9.84 Å². The summed E-state index contributed by atoms with van der Waals surface area (Å²) in [5.74, 6) is -0.940. The maximum absolute atomic E-state index is 10.8. The number of aromatic carboxylic acids is 1. The van der Waals surface area contributed by atoms with E-state index in [0.717, 1.165) is 0 Å². The lowest BCUT2D eigenvalue weighted by Crippen LogP contribution is -2.02. The lowest BCUT2D eigenvalue weighted by atomic mass is 10.3. The number of aromatic nitrogens is 2. The van der Waals surface area contributed by atoms with Crippen molar-refractivity contribution >= 4 is 45.1 Å². The number of carboxylic acid groups (broad SMARTS) is 1. The van der Waals surface area contributed by atoms with Crippen LogP contribution in [0.4, 0.5) is 0 Å². The minimum Gasteiger partial charge on any atom is -0.477 e. The minimum atomic E-state index is -1.17. The van der Waals surface area contributed by atoms with Crippen LogP contribution in [0, 0.1) is 0 Å². The molecule has 5 nitrogen and oxygen atoms in total. The second kappa shape index (κ2) is 5.73. The van der Waals surface area contributed by atoms with Crippen molar-refractivity contribution in [3.05, 3.63) is 44.6 Å². The number of ether oxygens (including phenoxy) is 1. The zero-order chi connectivity index (χ0) is 14.0. The molecule has 1 N–H and O–H groups in total. The molecule has 0 aliphatic rings. The molecule has 1 heterocycles. The number of carbonyl (C=O) groups is 1. The molecule has 0 fully saturated rings. The summed E-state index contributed by atoms with van der Waals surface area (Å²) in [5.41, 5.74) is -0.177. The highest BCUT2D eigenvalue weighted by atomic mass is 79.9. The van der Waals surface area contributed by atoms with E-state index in [0.29, 0.717) is 14.5 Å². The van der Waals surface area contributed by atoms with Gasteiger partial charge in [-0.1, -0.05) is 23.2 Å². The maximum Gasteiger partial charge on any atom is 0.354 e. The molecule has 0 unspecified atom stereocenters. The van der Waals surface area contributed by atoms with Crippen molar-refractivity contribution in [2.24, 2.45) is 0 Å². The number of nitrogens with zero attached hydrogens (tertiary/aromatic N) is 2. The van der Waals surface area contributed by atoms with Crippen molar-refractivity contribution in [3.63, 3.8) is 0 Å². The summed E-state index contributed by atoms with van der Waals surface area (Å²) in [7, 11) is 0. The van der Waals surface area contributed by atoms with E-state index in [1.54, 1.807) is 6.07 Å². The molecule has 8 heteroatoms. The van der Waals surface area contributed by atoms with Crippen molar-refractivity contribution in [1.29, 1.82) is 0 Å². The zero-order valence-electron chi connectivity index (χ0n) is 9.10. The average molecular weight is 364 g/mol. The predicted octanol–water partition coefficient (Wildman–Crippen LogP) is 4.04. The van der Waals surface area contributed by atoms with E-state index in [1.165, 1.54) is 18.3 Å². The Bertz CT molecular complexity index is 652. The van der Waals surface area contributed by atoms with Crippen LogP contribution in [-0.2, 0) is 0 Å². The van der Waals surface area contributed by atoms with Crippen LogP contribution in [0.25, 0.3) is 0 Å². The number of rotatable bonds is 3. The quantitative estimate of drug-likeness (QED) is 0.833. The van der Waals surface area contributed by atoms with E-state index in [-0.39, 0.29) is 17.5 Å². The Labute approximate surface area is 126 Å². The van der Waals surface area contributed by atoms with Crippen LogP contribution < -0.4 is 4.74 Å². The molecule has 0 atom stereocenters. The van der Waals surface area contributed by atoms with E-state index in [4.69, 9.17) is 33.0 Å². The lowest BCUT2D eigenvalue weighted by molar-refractivity contribution is 0.0689. The molecule has 0 radical (unpaired) electrons. The maximum atomic E-state index is 10.8. The summed E-state index contributed by atoms with van der Waals surface area (Å²) in [6.45, 7) is 0. The smallest absolute Gasteiger partial charge is 0.354 e. The molecule has 19 heavy (non-hydrogen) atoms. The van der Waals surface area contributed by atoms with Gasteiger partial charge in [0.15, 0.2) is 11.4 Å². The molecule has 98 valence electrons. The number of halogens is 3. The lowest BCUT2D eigenvalue weighted by Gasteiger charge is -2.07. The first-order valence-corrected chi connectivity index (χ1v) is 6.41. The summed E-state index contributed by atoms with van der Waals surface area (Å²) >= 11 is 15.1. The first kappa shape index (κ1) is 14.0. The molecule has 0 saturated carbocycles. The second-order valence-corrected chi connectivity index (χ2v) is 5.00. The van der Waals surface area contributed by atoms with Gasteiger partial charge in [-0.05, 0) is 28.1 Å². The molecule has 0 aliphatic heterocycles. The number of carboxylic acids is 1. The van der Waals surface area contributed by atoms with Gasteiger partial charge in [0.25, 0.3) is 0 Å². The third-order valence-electron chi connectivity index (χ3n) is 2.03. The fraction of sp³-hybridized carbons (Fsp3) is 0. The Hall–Kier alpha value is -1.37. The molecule has 0 bridgehead atoms. The first-order chi connectivity index (χ1) is 8.97. The molecule has 0 spiro atoms. The van der Waals surface area contributed by atoms with E-state index < -0.39 is 5.97 Å². The third kappa shape index (κ3) is 3.34. The number of hydrogen-bond donors (Lipinski definition) is 1. The second-order valence-electron chi connectivity index (χ2n) is 3.33. The molecular formula is C11H5BrCl2N2O3. The molecular weight excluding hydrogens is 359 g/mol. The van der Waals surface area contributed by atoms with Crippen LogP contribution in [0.3, 0.4) is 0 Å². The first-order valence-electron chi connectivity index (χ1n) is 4.86. The van der Waals surface area contributed by atoms with Crippen molar-refractivity contribution in [2.45, 2.75) is 0 Å². The van der Waals surface area contributed by atoms with E-state index in [9.17, 15) is 4.79 Å². The highest BCUT2D eigenvalue weighted by Gasteiger charge is 2.11. The van der Waals surface area contributed by atoms with E-state index in [1.807, 2.05) is 0 Å². The monoisotopic (exact) mass is 362 g/mol. The average Bonchev–Trinajstić information content (AvgIpc) is 2.36. The Morgan fingerprint density at radius 1 is 1.32 bits per heavy atom. The summed E-state index contributed by atoms with van der Waals surface area (Å²) in [5, 5.41) is 9.50. The van der Waals surface area contributed by atoms with Crippen LogP contribution in [0.2, 0.25) is 10.0 Å². The van der Waals surface area contributed by atoms with Gasteiger partial charge in [0.05, 0.1) is 10.0 Å².